The topological polar surface area (TPSA) is 66.6 Å². The highest BCUT2D eigenvalue weighted by Crippen LogP contribution is 2.24. The number of nitrogens with zero attached hydrogens (tertiary/aromatic N) is 1. The van der Waals surface area contributed by atoms with Crippen molar-refractivity contribution in [2.24, 2.45) is 5.92 Å². The van der Waals surface area contributed by atoms with E-state index in [1.807, 2.05) is 11.9 Å². The molecule has 1 atom stereocenters. The molecule has 0 aliphatic rings. The summed E-state index contributed by atoms with van der Waals surface area (Å²) in [6.07, 6.45) is 4.72. The number of unbranched alkanes of at least 4 members (excludes halogenated alkanes) is 1. The van der Waals surface area contributed by atoms with Gasteiger partial charge in [-0.25, -0.2) is 4.79 Å². The minimum atomic E-state index is -0.930. The zero-order valence-corrected chi connectivity index (χ0v) is 12.7. The van der Waals surface area contributed by atoms with Crippen LogP contribution < -0.4 is 10.6 Å². The minimum Gasteiger partial charge on any atom is -0.478 e. The number of nitrogen functional groups attached to an aromatic ring is 1. The molecule has 0 saturated heterocycles. The molecule has 0 aromatic heterocycles. The number of hydrogen-bond donors (Lipinski definition) is 2. The Balaban J connectivity index is 2.85. The number of hydrogen-bond acceptors (Lipinski definition) is 3. The van der Waals surface area contributed by atoms with Gasteiger partial charge < -0.3 is 15.7 Å². The fourth-order valence-electron chi connectivity index (χ4n) is 2.46. The lowest BCUT2D eigenvalue weighted by Gasteiger charge is -2.26. The molecule has 0 bridgehead atoms. The first kappa shape index (κ1) is 16.3. The molecule has 1 aromatic carbocycles. The van der Waals surface area contributed by atoms with E-state index >= 15 is 0 Å². The summed E-state index contributed by atoms with van der Waals surface area (Å²) in [7, 11) is 1.95. The average molecular weight is 278 g/mol. The molecule has 4 heteroatoms. The first-order chi connectivity index (χ1) is 9.49. The van der Waals surface area contributed by atoms with Crippen LogP contribution in [-0.2, 0) is 0 Å². The van der Waals surface area contributed by atoms with Gasteiger partial charge in [0.1, 0.15) is 0 Å². The molecule has 0 radical (unpaired) electrons. The Bertz CT molecular complexity index is 446. The Hall–Kier alpha value is -1.71. The van der Waals surface area contributed by atoms with Gasteiger partial charge in [-0.15, -0.1) is 0 Å². The van der Waals surface area contributed by atoms with Gasteiger partial charge >= 0.3 is 5.97 Å². The predicted molar refractivity (Wildman–Crippen MR) is 84.4 cm³/mol. The number of carbonyl (C=O) groups is 1. The maximum absolute atomic E-state index is 11.3. The number of nitrogens with two attached hydrogens (primary N) is 1. The fraction of sp³-hybridized carbons (Fsp3) is 0.562. The van der Waals surface area contributed by atoms with Crippen molar-refractivity contribution in [2.45, 2.75) is 39.5 Å². The van der Waals surface area contributed by atoms with Crippen LogP contribution >= 0.6 is 0 Å². The Morgan fingerprint density at radius 3 is 2.65 bits per heavy atom. The zero-order chi connectivity index (χ0) is 15.1. The smallest absolute Gasteiger partial charge is 0.337 e. The van der Waals surface area contributed by atoms with Gasteiger partial charge in [0.15, 0.2) is 0 Å². The first-order valence-corrected chi connectivity index (χ1v) is 7.33. The summed E-state index contributed by atoms with van der Waals surface area (Å²) in [5.74, 6) is -0.333. The molecule has 4 nitrogen and oxygen atoms in total. The van der Waals surface area contributed by atoms with Crippen LogP contribution in [0.5, 0.6) is 0 Å². The summed E-state index contributed by atoms with van der Waals surface area (Å²) < 4.78 is 0. The van der Waals surface area contributed by atoms with Crippen LogP contribution in [0.15, 0.2) is 18.2 Å². The van der Waals surface area contributed by atoms with Crippen molar-refractivity contribution < 1.29 is 9.90 Å². The number of benzene rings is 1. The summed E-state index contributed by atoms with van der Waals surface area (Å²) in [4.78, 5) is 13.4. The van der Waals surface area contributed by atoms with Crippen molar-refractivity contribution in [3.63, 3.8) is 0 Å². The predicted octanol–water partition coefficient (Wildman–Crippen LogP) is 3.62. The molecule has 0 heterocycles. The van der Waals surface area contributed by atoms with E-state index in [2.05, 4.69) is 13.8 Å². The van der Waals surface area contributed by atoms with Crippen LogP contribution in [0.2, 0.25) is 0 Å². The normalized spacial score (nSPS) is 12.2. The van der Waals surface area contributed by atoms with E-state index in [0.717, 1.165) is 18.7 Å². The van der Waals surface area contributed by atoms with E-state index in [1.165, 1.54) is 25.3 Å². The monoisotopic (exact) mass is 278 g/mol. The second-order valence-electron chi connectivity index (χ2n) is 5.38. The third-order valence-corrected chi connectivity index (χ3v) is 3.74. The Labute approximate surface area is 121 Å². The lowest BCUT2D eigenvalue weighted by molar-refractivity contribution is 0.0697. The third kappa shape index (κ3) is 4.44. The lowest BCUT2D eigenvalue weighted by atomic mass is 9.98. The SMILES string of the molecule is CCCCC(CC)CN(C)c1ccc(N)cc1C(=O)O. The zero-order valence-electron chi connectivity index (χ0n) is 12.7. The summed E-state index contributed by atoms with van der Waals surface area (Å²) >= 11 is 0. The van der Waals surface area contributed by atoms with Gasteiger partial charge in [0.2, 0.25) is 0 Å². The van der Waals surface area contributed by atoms with E-state index in [9.17, 15) is 9.90 Å². The van der Waals surface area contributed by atoms with Crippen molar-refractivity contribution in [3.8, 4) is 0 Å². The summed E-state index contributed by atoms with van der Waals surface area (Å²) in [6, 6.07) is 5.08. The molecule has 112 valence electrons. The number of rotatable bonds is 8. The van der Waals surface area contributed by atoms with Gasteiger partial charge in [0.25, 0.3) is 0 Å². The number of carboxylic acids is 1. The van der Waals surface area contributed by atoms with Crippen LogP contribution in [-0.4, -0.2) is 24.7 Å². The number of anilines is 2. The van der Waals surface area contributed by atoms with Crippen molar-refractivity contribution in [1.29, 1.82) is 0 Å². The van der Waals surface area contributed by atoms with Crippen LogP contribution in [0.3, 0.4) is 0 Å². The van der Waals surface area contributed by atoms with E-state index in [-0.39, 0.29) is 5.56 Å². The Morgan fingerprint density at radius 1 is 1.40 bits per heavy atom. The number of carboxylic acid groups (broad SMARTS) is 1. The highest BCUT2D eigenvalue weighted by Gasteiger charge is 2.16. The van der Waals surface area contributed by atoms with E-state index in [1.54, 1.807) is 12.1 Å². The van der Waals surface area contributed by atoms with Crippen LogP contribution in [0, 0.1) is 5.92 Å². The molecule has 1 rings (SSSR count). The van der Waals surface area contributed by atoms with Crippen LogP contribution in [0.25, 0.3) is 0 Å². The standard InChI is InChI=1S/C16H26N2O2/c1-4-6-7-12(5-2)11-18(3)15-9-8-13(17)10-14(15)16(19)20/h8-10,12H,4-7,11,17H2,1-3H3,(H,19,20). The van der Waals surface area contributed by atoms with Crippen molar-refractivity contribution >= 4 is 17.3 Å². The third-order valence-electron chi connectivity index (χ3n) is 3.74. The molecule has 3 N–H and O–H groups in total. The molecule has 0 amide bonds. The lowest BCUT2D eigenvalue weighted by Crippen LogP contribution is -2.26. The van der Waals surface area contributed by atoms with Gasteiger partial charge in [-0.2, -0.15) is 0 Å². The minimum absolute atomic E-state index is 0.276. The van der Waals surface area contributed by atoms with E-state index in [0.29, 0.717) is 11.6 Å². The summed E-state index contributed by atoms with van der Waals surface area (Å²) in [5.41, 5.74) is 7.17. The molecular weight excluding hydrogens is 252 g/mol. The van der Waals surface area contributed by atoms with Crippen molar-refractivity contribution in [3.05, 3.63) is 23.8 Å². The second-order valence-corrected chi connectivity index (χ2v) is 5.38. The largest absolute Gasteiger partial charge is 0.478 e. The molecule has 0 spiro atoms. The van der Waals surface area contributed by atoms with E-state index in [4.69, 9.17) is 5.73 Å². The molecule has 0 aliphatic carbocycles. The molecule has 1 aromatic rings. The number of aromatic carboxylic acids is 1. The van der Waals surface area contributed by atoms with Gasteiger partial charge in [-0.3, -0.25) is 0 Å². The van der Waals surface area contributed by atoms with Gasteiger partial charge in [-0.1, -0.05) is 33.1 Å². The summed E-state index contributed by atoms with van der Waals surface area (Å²) in [5, 5.41) is 9.29. The van der Waals surface area contributed by atoms with E-state index < -0.39 is 5.97 Å². The van der Waals surface area contributed by atoms with Crippen molar-refractivity contribution in [2.75, 3.05) is 24.2 Å². The molecular formula is C16H26N2O2. The molecule has 20 heavy (non-hydrogen) atoms. The maximum Gasteiger partial charge on any atom is 0.337 e. The summed E-state index contributed by atoms with van der Waals surface area (Å²) in [6.45, 7) is 5.26. The van der Waals surface area contributed by atoms with Gasteiger partial charge in [-0.05, 0) is 30.5 Å². The first-order valence-electron chi connectivity index (χ1n) is 7.33. The van der Waals surface area contributed by atoms with Crippen LogP contribution in [0.1, 0.15) is 49.9 Å². The quantitative estimate of drug-likeness (QED) is 0.713. The van der Waals surface area contributed by atoms with Gasteiger partial charge in [0, 0.05) is 19.3 Å². The molecule has 0 saturated carbocycles. The fourth-order valence-corrected chi connectivity index (χ4v) is 2.46. The highest BCUT2D eigenvalue weighted by atomic mass is 16.4. The average Bonchev–Trinajstić information content (AvgIpc) is 2.42. The Kier molecular flexibility index (Phi) is 6.36. The Morgan fingerprint density at radius 2 is 2.10 bits per heavy atom. The van der Waals surface area contributed by atoms with Crippen LogP contribution in [0.4, 0.5) is 11.4 Å². The maximum atomic E-state index is 11.3. The second kappa shape index (κ2) is 7.78. The molecule has 0 fully saturated rings. The highest BCUT2D eigenvalue weighted by molar-refractivity contribution is 5.95. The van der Waals surface area contributed by atoms with Crippen molar-refractivity contribution in [1.82, 2.24) is 0 Å². The molecule has 0 aliphatic heterocycles. The molecule has 1 unspecified atom stereocenters. The van der Waals surface area contributed by atoms with Gasteiger partial charge in [0.05, 0.1) is 11.3 Å².